The van der Waals surface area contributed by atoms with Gasteiger partial charge < -0.3 is 5.32 Å². The second-order valence-corrected chi connectivity index (χ2v) is 8.10. The fraction of sp³-hybridized carbons (Fsp3) is 0.125. The van der Waals surface area contributed by atoms with Crippen molar-refractivity contribution < 1.29 is 14.4 Å². The number of hydrogen-bond donors (Lipinski definition) is 1. The molecule has 1 amide bonds. The van der Waals surface area contributed by atoms with Gasteiger partial charge in [0, 0.05) is 32.8 Å². The third-order valence-electron chi connectivity index (χ3n) is 4.81. The molecule has 0 radical (unpaired) electrons. The number of carbonyl (C=O) groups excluding carboxylic acids is 3. The van der Waals surface area contributed by atoms with Crippen molar-refractivity contribution in [3.8, 4) is 0 Å². The van der Waals surface area contributed by atoms with Gasteiger partial charge in [0.05, 0.1) is 6.42 Å². The molecule has 144 valence electrons. The lowest BCUT2D eigenvalue weighted by molar-refractivity contribution is -0.115. The standard InChI is InChI=1S/C24H19NO3S/c1-2-29-17-10-7-15(8-11-17)13-22(26)25-16-9-12-20-21(14-16)24(28)19-6-4-3-5-18(19)23(20)27/h3-12,14H,2,13H2,1H3,(H,25,26). The molecule has 0 atom stereocenters. The molecule has 0 heterocycles. The number of benzene rings is 3. The van der Waals surface area contributed by atoms with E-state index in [1.165, 1.54) is 4.90 Å². The van der Waals surface area contributed by atoms with E-state index < -0.39 is 0 Å². The number of rotatable bonds is 5. The van der Waals surface area contributed by atoms with Crippen LogP contribution in [0.2, 0.25) is 0 Å². The molecule has 0 bridgehead atoms. The smallest absolute Gasteiger partial charge is 0.228 e. The average molecular weight is 401 g/mol. The Kier molecular flexibility index (Phi) is 5.32. The molecule has 3 aromatic carbocycles. The van der Waals surface area contributed by atoms with Gasteiger partial charge in [-0.05, 0) is 41.6 Å². The van der Waals surface area contributed by atoms with Crippen LogP contribution in [-0.2, 0) is 11.2 Å². The molecule has 0 saturated heterocycles. The summed E-state index contributed by atoms with van der Waals surface area (Å²) in [5.41, 5.74) is 2.95. The first kappa shape index (κ1) is 19.2. The summed E-state index contributed by atoms with van der Waals surface area (Å²) in [6.45, 7) is 2.10. The average Bonchev–Trinajstić information content (AvgIpc) is 2.73. The number of hydrogen-bond acceptors (Lipinski definition) is 4. The number of ketones is 2. The van der Waals surface area contributed by atoms with Crippen LogP contribution in [0.5, 0.6) is 0 Å². The zero-order valence-corrected chi connectivity index (χ0v) is 16.7. The Morgan fingerprint density at radius 2 is 1.45 bits per heavy atom. The maximum absolute atomic E-state index is 12.8. The van der Waals surface area contributed by atoms with Gasteiger partial charge >= 0.3 is 0 Å². The summed E-state index contributed by atoms with van der Waals surface area (Å²) in [5.74, 6) is 0.466. The van der Waals surface area contributed by atoms with Crippen LogP contribution in [0, 0.1) is 0 Å². The van der Waals surface area contributed by atoms with E-state index >= 15 is 0 Å². The Hall–Kier alpha value is -3.18. The van der Waals surface area contributed by atoms with Crippen LogP contribution < -0.4 is 5.32 Å². The topological polar surface area (TPSA) is 63.2 Å². The second-order valence-electron chi connectivity index (χ2n) is 6.77. The van der Waals surface area contributed by atoms with E-state index in [1.807, 2.05) is 24.3 Å². The van der Waals surface area contributed by atoms with E-state index in [0.29, 0.717) is 27.9 Å². The molecule has 0 aliphatic heterocycles. The maximum Gasteiger partial charge on any atom is 0.228 e. The molecule has 4 rings (SSSR count). The van der Waals surface area contributed by atoms with Crippen LogP contribution in [0.4, 0.5) is 5.69 Å². The van der Waals surface area contributed by atoms with Gasteiger partial charge in [0.25, 0.3) is 0 Å². The Labute approximate surface area is 173 Å². The molecule has 4 nitrogen and oxygen atoms in total. The van der Waals surface area contributed by atoms with Crippen LogP contribution in [0.1, 0.15) is 44.3 Å². The number of fused-ring (bicyclic) bond motifs is 2. The van der Waals surface area contributed by atoms with E-state index in [2.05, 4.69) is 12.2 Å². The first-order chi connectivity index (χ1) is 14.1. The molecule has 1 N–H and O–H groups in total. The van der Waals surface area contributed by atoms with Crippen molar-refractivity contribution in [2.45, 2.75) is 18.2 Å². The third kappa shape index (κ3) is 3.87. The number of anilines is 1. The molecular formula is C24H19NO3S. The van der Waals surface area contributed by atoms with E-state index in [9.17, 15) is 14.4 Å². The van der Waals surface area contributed by atoms with E-state index in [0.717, 1.165) is 11.3 Å². The summed E-state index contributed by atoms with van der Waals surface area (Å²) < 4.78 is 0. The number of nitrogens with one attached hydrogen (secondary N) is 1. The van der Waals surface area contributed by atoms with E-state index in [1.54, 1.807) is 54.2 Å². The Morgan fingerprint density at radius 3 is 2.10 bits per heavy atom. The normalized spacial score (nSPS) is 12.3. The monoisotopic (exact) mass is 401 g/mol. The van der Waals surface area contributed by atoms with Crippen LogP contribution in [-0.4, -0.2) is 23.2 Å². The minimum absolute atomic E-state index is 0.168. The minimum Gasteiger partial charge on any atom is -0.326 e. The van der Waals surface area contributed by atoms with Crippen molar-refractivity contribution in [3.05, 3.63) is 94.5 Å². The van der Waals surface area contributed by atoms with Gasteiger partial charge in [-0.15, -0.1) is 11.8 Å². The lowest BCUT2D eigenvalue weighted by atomic mass is 9.84. The maximum atomic E-state index is 12.8. The van der Waals surface area contributed by atoms with Gasteiger partial charge in [0.2, 0.25) is 5.91 Å². The number of carbonyl (C=O) groups is 3. The summed E-state index contributed by atoms with van der Waals surface area (Å²) in [6.07, 6.45) is 0.240. The Balaban J connectivity index is 1.51. The summed E-state index contributed by atoms with van der Waals surface area (Å²) in [6, 6.07) is 19.6. The largest absolute Gasteiger partial charge is 0.326 e. The highest BCUT2D eigenvalue weighted by molar-refractivity contribution is 7.99. The summed E-state index contributed by atoms with van der Waals surface area (Å²) in [5, 5.41) is 2.83. The zero-order valence-electron chi connectivity index (χ0n) is 15.9. The summed E-state index contributed by atoms with van der Waals surface area (Å²) >= 11 is 1.75. The van der Waals surface area contributed by atoms with Crippen molar-refractivity contribution in [1.29, 1.82) is 0 Å². The van der Waals surface area contributed by atoms with Gasteiger partial charge in [-0.25, -0.2) is 0 Å². The van der Waals surface area contributed by atoms with Gasteiger partial charge in [0.1, 0.15) is 0 Å². The van der Waals surface area contributed by atoms with Gasteiger partial charge in [0.15, 0.2) is 11.6 Å². The van der Waals surface area contributed by atoms with Crippen molar-refractivity contribution in [2.24, 2.45) is 0 Å². The molecular weight excluding hydrogens is 382 g/mol. The summed E-state index contributed by atoms with van der Waals surface area (Å²) in [7, 11) is 0. The molecule has 0 spiro atoms. The van der Waals surface area contributed by atoms with Crippen LogP contribution in [0.25, 0.3) is 0 Å². The van der Waals surface area contributed by atoms with Crippen molar-refractivity contribution in [1.82, 2.24) is 0 Å². The molecule has 1 aliphatic rings. The highest BCUT2D eigenvalue weighted by Crippen LogP contribution is 2.29. The lowest BCUT2D eigenvalue weighted by Gasteiger charge is -2.18. The van der Waals surface area contributed by atoms with Crippen LogP contribution in [0.3, 0.4) is 0 Å². The first-order valence-electron chi connectivity index (χ1n) is 9.41. The molecule has 0 fully saturated rings. The molecule has 0 aromatic heterocycles. The quantitative estimate of drug-likeness (QED) is 0.490. The molecule has 29 heavy (non-hydrogen) atoms. The Morgan fingerprint density at radius 1 is 0.828 bits per heavy atom. The van der Waals surface area contributed by atoms with Crippen molar-refractivity contribution >= 4 is 34.9 Å². The van der Waals surface area contributed by atoms with Gasteiger partial charge in [-0.1, -0.05) is 43.3 Å². The predicted molar refractivity (Wildman–Crippen MR) is 115 cm³/mol. The van der Waals surface area contributed by atoms with Crippen LogP contribution >= 0.6 is 11.8 Å². The van der Waals surface area contributed by atoms with Gasteiger partial charge in [-0.3, -0.25) is 14.4 Å². The fourth-order valence-corrected chi connectivity index (χ4v) is 4.10. The first-order valence-corrected chi connectivity index (χ1v) is 10.4. The summed E-state index contributed by atoms with van der Waals surface area (Å²) in [4.78, 5) is 39.1. The highest BCUT2D eigenvalue weighted by Gasteiger charge is 2.29. The molecule has 0 saturated carbocycles. The van der Waals surface area contributed by atoms with Gasteiger partial charge in [-0.2, -0.15) is 0 Å². The van der Waals surface area contributed by atoms with Crippen LogP contribution in [0.15, 0.2) is 71.6 Å². The Bertz CT molecular complexity index is 1120. The molecule has 1 aliphatic carbocycles. The molecule has 3 aromatic rings. The van der Waals surface area contributed by atoms with Crippen molar-refractivity contribution in [2.75, 3.05) is 11.1 Å². The molecule has 5 heteroatoms. The number of thioether (sulfide) groups is 1. The van der Waals surface area contributed by atoms with E-state index in [4.69, 9.17) is 0 Å². The predicted octanol–water partition coefficient (Wildman–Crippen LogP) is 4.76. The zero-order chi connectivity index (χ0) is 20.4. The second kappa shape index (κ2) is 8.05. The lowest BCUT2D eigenvalue weighted by Crippen LogP contribution is -2.21. The molecule has 0 unspecified atom stereocenters. The minimum atomic E-state index is -0.199. The highest BCUT2D eigenvalue weighted by atomic mass is 32.2. The third-order valence-corrected chi connectivity index (χ3v) is 5.70. The van der Waals surface area contributed by atoms with Crippen molar-refractivity contribution in [3.63, 3.8) is 0 Å². The number of amides is 1. The van der Waals surface area contributed by atoms with E-state index in [-0.39, 0.29) is 23.9 Å². The fourth-order valence-electron chi connectivity index (χ4n) is 3.44. The SMILES string of the molecule is CCSc1ccc(CC(=O)Nc2ccc3c(c2)C(=O)c2ccccc2C3=O)cc1.